The van der Waals surface area contributed by atoms with E-state index >= 15 is 0 Å². The van der Waals surface area contributed by atoms with Crippen LogP contribution in [0, 0.1) is 0 Å². The third-order valence-corrected chi connectivity index (χ3v) is 3.61. The highest BCUT2D eigenvalue weighted by atomic mass is 16.5. The van der Waals surface area contributed by atoms with E-state index in [2.05, 4.69) is 53.3 Å². The Bertz CT molecular complexity index is 493. The number of rotatable bonds is 9. The average Bonchev–Trinajstić information content (AvgIpc) is 3.01. The first kappa shape index (κ1) is 20.4. The second-order valence-electron chi connectivity index (χ2n) is 6.87. The van der Waals surface area contributed by atoms with Crippen molar-refractivity contribution in [2.24, 2.45) is 4.99 Å². The van der Waals surface area contributed by atoms with Gasteiger partial charge in [0.2, 0.25) is 5.89 Å². The number of aromatic nitrogens is 1. The molecule has 0 atom stereocenters. The highest BCUT2D eigenvalue weighted by Gasteiger charge is 2.19. The average molecular weight is 339 g/mol. The Morgan fingerprint density at radius 1 is 1.33 bits per heavy atom. The largest absolute Gasteiger partial charge is 0.443 e. The van der Waals surface area contributed by atoms with Crippen LogP contribution in [0.3, 0.4) is 0 Å². The highest BCUT2D eigenvalue weighted by Crippen LogP contribution is 2.22. The van der Waals surface area contributed by atoms with Crippen LogP contribution in [0.15, 0.2) is 15.6 Å². The van der Waals surface area contributed by atoms with E-state index in [0.29, 0.717) is 12.4 Å². The molecule has 1 heterocycles. The lowest BCUT2D eigenvalue weighted by Gasteiger charge is -2.16. The van der Waals surface area contributed by atoms with Crippen LogP contribution in [0.1, 0.15) is 38.8 Å². The zero-order chi connectivity index (χ0) is 18.0. The number of ether oxygens (including phenoxy) is 1. The molecule has 0 unspecified atom stereocenters. The Labute approximate surface area is 145 Å². The van der Waals surface area contributed by atoms with E-state index in [1.54, 1.807) is 20.4 Å². The van der Waals surface area contributed by atoms with Crippen molar-refractivity contribution in [3.8, 4) is 0 Å². The summed E-state index contributed by atoms with van der Waals surface area (Å²) in [7, 11) is 5.58. The maximum atomic E-state index is 5.76. The fourth-order valence-electron chi connectivity index (χ4n) is 2.03. The van der Waals surface area contributed by atoms with E-state index in [1.165, 1.54) is 0 Å². The number of aliphatic imine (C=N–C) groups is 1. The minimum absolute atomic E-state index is 0.0278. The molecule has 138 valence electrons. The second kappa shape index (κ2) is 10.3. The zero-order valence-electron chi connectivity index (χ0n) is 16.0. The topological polar surface area (TPSA) is 74.9 Å². The molecular formula is C17H33N5O2. The van der Waals surface area contributed by atoms with Gasteiger partial charge in [0.05, 0.1) is 19.3 Å². The van der Waals surface area contributed by atoms with Crippen molar-refractivity contribution in [2.75, 3.05) is 47.4 Å². The molecule has 24 heavy (non-hydrogen) atoms. The molecule has 0 saturated heterocycles. The summed E-state index contributed by atoms with van der Waals surface area (Å²) < 4.78 is 10.8. The molecule has 7 heteroatoms. The molecular weight excluding hydrogens is 306 g/mol. The van der Waals surface area contributed by atoms with Crippen molar-refractivity contribution < 1.29 is 9.15 Å². The summed E-state index contributed by atoms with van der Waals surface area (Å²) in [4.78, 5) is 10.8. The quantitative estimate of drug-likeness (QED) is 0.404. The standard InChI is InChI=1S/C17H33N5O2/c1-17(2,3)14-12-20-15(24-14)13-21-16(18-4)19-8-7-9-22(5)10-11-23-6/h12H,7-11,13H2,1-6H3,(H2,18,19,21). The van der Waals surface area contributed by atoms with Crippen LogP contribution in [0.2, 0.25) is 0 Å². The lowest BCUT2D eigenvalue weighted by atomic mass is 9.94. The van der Waals surface area contributed by atoms with Crippen LogP contribution in [0.25, 0.3) is 0 Å². The van der Waals surface area contributed by atoms with Crippen LogP contribution >= 0.6 is 0 Å². The van der Waals surface area contributed by atoms with Gasteiger partial charge in [-0.15, -0.1) is 0 Å². The van der Waals surface area contributed by atoms with Gasteiger partial charge in [0, 0.05) is 32.7 Å². The molecule has 0 aromatic carbocycles. The van der Waals surface area contributed by atoms with Gasteiger partial charge in [0.25, 0.3) is 0 Å². The van der Waals surface area contributed by atoms with Gasteiger partial charge in [0.15, 0.2) is 5.96 Å². The molecule has 0 saturated carbocycles. The molecule has 2 N–H and O–H groups in total. The van der Waals surface area contributed by atoms with Crippen LogP contribution < -0.4 is 10.6 Å². The Kier molecular flexibility index (Phi) is 8.78. The molecule has 0 aliphatic rings. The molecule has 0 amide bonds. The predicted octanol–water partition coefficient (Wildman–Crippen LogP) is 1.61. The molecule has 7 nitrogen and oxygen atoms in total. The van der Waals surface area contributed by atoms with Crippen LogP contribution in [-0.2, 0) is 16.7 Å². The van der Waals surface area contributed by atoms with Gasteiger partial charge in [-0.3, -0.25) is 4.99 Å². The monoisotopic (exact) mass is 339 g/mol. The number of guanidine groups is 1. The van der Waals surface area contributed by atoms with E-state index in [1.807, 2.05) is 0 Å². The summed E-state index contributed by atoms with van der Waals surface area (Å²) in [5.41, 5.74) is -0.0278. The first-order valence-electron chi connectivity index (χ1n) is 8.44. The zero-order valence-corrected chi connectivity index (χ0v) is 16.0. The minimum Gasteiger partial charge on any atom is -0.443 e. The first-order chi connectivity index (χ1) is 11.4. The number of hydrogen-bond acceptors (Lipinski definition) is 5. The van der Waals surface area contributed by atoms with Gasteiger partial charge in [-0.2, -0.15) is 0 Å². The van der Waals surface area contributed by atoms with Gasteiger partial charge in [-0.05, 0) is 20.0 Å². The van der Waals surface area contributed by atoms with Crippen LogP contribution in [0.5, 0.6) is 0 Å². The number of hydrogen-bond donors (Lipinski definition) is 2. The van der Waals surface area contributed by atoms with Crippen molar-refractivity contribution in [1.82, 2.24) is 20.5 Å². The minimum atomic E-state index is -0.0278. The van der Waals surface area contributed by atoms with Crippen LogP contribution in [0.4, 0.5) is 0 Å². The van der Waals surface area contributed by atoms with Crippen molar-refractivity contribution in [3.63, 3.8) is 0 Å². The summed E-state index contributed by atoms with van der Waals surface area (Å²) >= 11 is 0. The molecule has 0 spiro atoms. The van der Waals surface area contributed by atoms with E-state index in [9.17, 15) is 0 Å². The Balaban J connectivity index is 2.27. The van der Waals surface area contributed by atoms with E-state index in [0.717, 1.165) is 44.4 Å². The number of oxazole rings is 1. The van der Waals surface area contributed by atoms with Gasteiger partial charge >= 0.3 is 0 Å². The smallest absolute Gasteiger partial charge is 0.213 e. The number of nitrogens with zero attached hydrogens (tertiary/aromatic N) is 3. The summed E-state index contributed by atoms with van der Waals surface area (Å²) in [5.74, 6) is 2.31. The Morgan fingerprint density at radius 2 is 2.08 bits per heavy atom. The van der Waals surface area contributed by atoms with Crippen molar-refractivity contribution >= 4 is 5.96 Å². The number of likely N-dealkylation sites (N-methyl/N-ethyl adjacent to an activating group) is 1. The molecule has 1 aromatic heterocycles. The van der Waals surface area contributed by atoms with Crippen molar-refractivity contribution in [2.45, 2.75) is 39.2 Å². The van der Waals surface area contributed by atoms with E-state index in [4.69, 9.17) is 9.15 Å². The maximum absolute atomic E-state index is 5.76. The molecule has 0 aliphatic heterocycles. The fourth-order valence-corrected chi connectivity index (χ4v) is 2.03. The SMILES string of the molecule is CN=C(NCCCN(C)CCOC)NCc1ncc(C(C)(C)C)o1. The lowest BCUT2D eigenvalue weighted by Crippen LogP contribution is -2.38. The molecule has 0 radical (unpaired) electrons. The molecule has 1 rings (SSSR count). The fraction of sp³-hybridized carbons (Fsp3) is 0.765. The third kappa shape index (κ3) is 7.79. The molecule has 0 fully saturated rings. The summed E-state index contributed by atoms with van der Waals surface area (Å²) in [6.45, 7) is 10.4. The van der Waals surface area contributed by atoms with Gasteiger partial charge in [0.1, 0.15) is 5.76 Å². The normalized spacial score (nSPS) is 12.7. The van der Waals surface area contributed by atoms with Gasteiger partial charge in [-0.1, -0.05) is 20.8 Å². The molecule has 0 bridgehead atoms. The summed E-state index contributed by atoms with van der Waals surface area (Å²) in [6, 6.07) is 0. The maximum Gasteiger partial charge on any atom is 0.213 e. The first-order valence-corrected chi connectivity index (χ1v) is 8.44. The van der Waals surface area contributed by atoms with Crippen molar-refractivity contribution in [1.29, 1.82) is 0 Å². The number of nitrogens with one attached hydrogen (secondary N) is 2. The highest BCUT2D eigenvalue weighted by molar-refractivity contribution is 5.79. The summed E-state index contributed by atoms with van der Waals surface area (Å²) in [5, 5.41) is 6.52. The number of methoxy groups -OCH3 is 1. The van der Waals surface area contributed by atoms with Crippen LogP contribution in [-0.4, -0.2) is 63.3 Å². The predicted molar refractivity (Wildman–Crippen MR) is 97.4 cm³/mol. The van der Waals surface area contributed by atoms with Crippen molar-refractivity contribution in [3.05, 3.63) is 17.8 Å². The second-order valence-corrected chi connectivity index (χ2v) is 6.87. The Morgan fingerprint density at radius 3 is 2.67 bits per heavy atom. The Hall–Kier alpha value is -1.60. The lowest BCUT2D eigenvalue weighted by molar-refractivity contribution is 0.161. The molecule has 0 aliphatic carbocycles. The molecule has 1 aromatic rings. The van der Waals surface area contributed by atoms with Gasteiger partial charge < -0.3 is 24.7 Å². The third-order valence-electron chi connectivity index (χ3n) is 3.61. The van der Waals surface area contributed by atoms with Gasteiger partial charge in [-0.25, -0.2) is 4.98 Å². The summed E-state index contributed by atoms with van der Waals surface area (Å²) in [6.07, 6.45) is 2.83. The van der Waals surface area contributed by atoms with E-state index in [-0.39, 0.29) is 5.41 Å². The van der Waals surface area contributed by atoms with E-state index < -0.39 is 0 Å².